The van der Waals surface area contributed by atoms with E-state index < -0.39 is 6.30 Å². The molecule has 1 atom stereocenters. The van der Waals surface area contributed by atoms with Crippen LogP contribution in [0.4, 0.5) is 4.39 Å². The van der Waals surface area contributed by atoms with E-state index in [0.29, 0.717) is 0 Å². The van der Waals surface area contributed by atoms with Crippen molar-refractivity contribution in [1.82, 2.24) is 4.90 Å². The third-order valence-electron chi connectivity index (χ3n) is 2.04. The highest BCUT2D eigenvalue weighted by Crippen LogP contribution is 2.19. The molecule has 0 aliphatic rings. The Morgan fingerprint density at radius 2 is 1.92 bits per heavy atom. The second kappa shape index (κ2) is 4.97. The molecule has 0 bridgehead atoms. The molecule has 2 heteroatoms. The fourth-order valence-electron chi connectivity index (χ4n) is 1.33. The Hall–Kier alpha value is -0.890. The van der Waals surface area contributed by atoms with Crippen molar-refractivity contribution in [3.8, 4) is 0 Å². The lowest BCUT2D eigenvalue weighted by atomic mass is 10.2. The summed E-state index contributed by atoms with van der Waals surface area (Å²) in [5.41, 5.74) is 0.735. The fraction of sp³-hybridized carbons (Fsp3) is 0.455. The number of nitrogens with zero attached hydrogens (tertiary/aromatic N) is 1. The van der Waals surface area contributed by atoms with Crippen LogP contribution in [0.3, 0.4) is 0 Å². The molecule has 13 heavy (non-hydrogen) atoms. The predicted octanol–water partition coefficient (Wildman–Crippen LogP) is 3.00. The van der Waals surface area contributed by atoms with Gasteiger partial charge in [0.25, 0.3) is 0 Å². The van der Waals surface area contributed by atoms with Gasteiger partial charge in [-0.05, 0) is 13.5 Å². The van der Waals surface area contributed by atoms with Crippen molar-refractivity contribution in [3.05, 3.63) is 35.9 Å². The maximum absolute atomic E-state index is 13.6. The lowest BCUT2D eigenvalue weighted by Gasteiger charge is -2.20. The zero-order valence-corrected chi connectivity index (χ0v) is 8.20. The maximum Gasteiger partial charge on any atom is 0.179 e. The van der Waals surface area contributed by atoms with E-state index in [1.54, 1.807) is 11.9 Å². The standard InChI is InChI=1S/C11H16FN/c1-3-9-13(2)11(12)10-7-5-4-6-8-10/h4-8,11H,3,9H2,1-2H3. The summed E-state index contributed by atoms with van der Waals surface area (Å²) < 4.78 is 13.6. The molecule has 0 amide bonds. The molecule has 0 aliphatic heterocycles. The molecule has 0 aromatic heterocycles. The molecule has 0 N–H and O–H groups in total. The van der Waals surface area contributed by atoms with Crippen LogP contribution in [-0.2, 0) is 0 Å². The van der Waals surface area contributed by atoms with Crippen molar-refractivity contribution >= 4 is 0 Å². The minimum atomic E-state index is -0.971. The minimum absolute atomic E-state index is 0.735. The third-order valence-corrected chi connectivity index (χ3v) is 2.04. The Kier molecular flexibility index (Phi) is 3.90. The summed E-state index contributed by atoms with van der Waals surface area (Å²) in [7, 11) is 1.81. The quantitative estimate of drug-likeness (QED) is 0.645. The second-order valence-corrected chi connectivity index (χ2v) is 3.23. The molecule has 0 fully saturated rings. The highest BCUT2D eigenvalue weighted by molar-refractivity contribution is 5.16. The first-order valence-corrected chi connectivity index (χ1v) is 4.65. The van der Waals surface area contributed by atoms with Crippen LogP contribution < -0.4 is 0 Å². The third kappa shape index (κ3) is 2.81. The first-order chi connectivity index (χ1) is 6.25. The van der Waals surface area contributed by atoms with Crippen LogP contribution in [0, 0.1) is 0 Å². The van der Waals surface area contributed by atoms with Crippen molar-refractivity contribution in [2.75, 3.05) is 13.6 Å². The van der Waals surface area contributed by atoms with E-state index in [1.165, 1.54) is 0 Å². The molecule has 1 rings (SSSR count). The van der Waals surface area contributed by atoms with Crippen molar-refractivity contribution < 1.29 is 4.39 Å². The van der Waals surface area contributed by atoms with Crippen LogP contribution in [-0.4, -0.2) is 18.5 Å². The lowest BCUT2D eigenvalue weighted by molar-refractivity contribution is 0.111. The van der Waals surface area contributed by atoms with E-state index in [2.05, 4.69) is 0 Å². The van der Waals surface area contributed by atoms with Crippen molar-refractivity contribution in [2.45, 2.75) is 19.6 Å². The highest BCUT2D eigenvalue weighted by Gasteiger charge is 2.13. The van der Waals surface area contributed by atoms with Gasteiger partial charge in [0.15, 0.2) is 6.30 Å². The number of halogens is 1. The largest absolute Gasteiger partial charge is 0.273 e. The summed E-state index contributed by atoms with van der Waals surface area (Å²) in [6, 6.07) is 9.26. The van der Waals surface area contributed by atoms with Crippen LogP contribution in [0.5, 0.6) is 0 Å². The Morgan fingerprint density at radius 3 is 2.46 bits per heavy atom. The zero-order valence-electron chi connectivity index (χ0n) is 8.20. The first-order valence-electron chi connectivity index (χ1n) is 4.65. The van der Waals surface area contributed by atoms with E-state index in [9.17, 15) is 4.39 Å². The Balaban J connectivity index is 2.62. The minimum Gasteiger partial charge on any atom is -0.273 e. The van der Waals surface area contributed by atoms with Crippen molar-refractivity contribution in [2.24, 2.45) is 0 Å². The average Bonchev–Trinajstić information content (AvgIpc) is 2.18. The van der Waals surface area contributed by atoms with Gasteiger partial charge in [0, 0.05) is 12.1 Å². The molecule has 1 unspecified atom stereocenters. The SMILES string of the molecule is CCCN(C)C(F)c1ccccc1. The van der Waals surface area contributed by atoms with Gasteiger partial charge in [-0.2, -0.15) is 0 Å². The van der Waals surface area contributed by atoms with E-state index >= 15 is 0 Å². The molecule has 0 radical (unpaired) electrons. The second-order valence-electron chi connectivity index (χ2n) is 3.23. The molecule has 0 saturated heterocycles. The van der Waals surface area contributed by atoms with Gasteiger partial charge in [-0.15, -0.1) is 0 Å². The van der Waals surface area contributed by atoms with Crippen LogP contribution >= 0.6 is 0 Å². The van der Waals surface area contributed by atoms with Gasteiger partial charge in [-0.25, -0.2) is 4.39 Å². The van der Waals surface area contributed by atoms with Crippen molar-refractivity contribution in [3.63, 3.8) is 0 Å². The fourth-order valence-corrected chi connectivity index (χ4v) is 1.33. The molecule has 1 nitrogen and oxygen atoms in total. The van der Waals surface area contributed by atoms with Gasteiger partial charge in [-0.3, -0.25) is 4.90 Å². The number of hydrogen-bond donors (Lipinski definition) is 0. The van der Waals surface area contributed by atoms with E-state index in [0.717, 1.165) is 18.5 Å². The summed E-state index contributed by atoms with van der Waals surface area (Å²) in [4.78, 5) is 1.72. The number of alkyl halides is 1. The van der Waals surface area contributed by atoms with Crippen LogP contribution in [0.1, 0.15) is 25.2 Å². The zero-order chi connectivity index (χ0) is 9.68. The molecule has 1 aromatic rings. The van der Waals surface area contributed by atoms with Gasteiger partial charge in [0.2, 0.25) is 0 Å². The van der Waals surface area contributed by atoms with Crippen LogP contribution in [0.25, 0.3) is 0 Å². The average molecular weight is 181 g/mol. The molecule has 0 spiro atoms. The summed E-state index contributed by atoms with van der Waals surface area (Å²) in [6.45, 7) is 2.84. The van der Waals surface area contributed by atoms with Crippen molar-refractivity contribution in [1.29, 1.82) is 0 Å². The molecule has 0 heterocycles. The molecule has 0 aliphatic carbocycles. The molecule has 1 aromatic carbocycles. The highest BCUT2D eigenvalue weighted by atomic mass is 19.1. The van der Waals surface area contributed by atoms with E-state index in [1.807, 2.05) is 37.3 Å². The number of hydrogen-bond acceptors (Lipinski definition) is 1. The lowest BCUT2D eigenvalue weighted by Crippen LogP contribution is -2.22. The smallest absolute Gasteiger partial charge is 0.179 e. The molecule has 0 saturated carbocycles. The van der Waals surface area contributed by atoms with Gasteiger partial charge in [-0.1, -0.05) is 37.3 Å². The summed E-state index contributed by atoms with van der Waals surface area (Å²) >= 11 is 0. The Bertz CT molecular complexity index is 235. The Morgan fingerprint density at radius 1 is 1.31 bits per heavy atom. The first kappa shape index (κ1) is 10.2. The summed E-state index contributed by atoms with van der Waals surface area (Å²) in [5, 5.41) is 0. The normalized spacial score (nSPS) is 13.2. The van der Waals surface area contributed by atoms with Gasteiger partial charge >= 0.3 is 0 Å². The maximum atomic E-state index is 13.6. The summed E-state index contributed by atoms with van der Waals surface area (Å²) in [5.74, 6) is 0. The van der Waals surface area contributed by atoms with E-state index in [4.69, 9.17) is 0 Å². The Labute approximate surface area is 79.2 Å². The molecule has 72 valence electrons. The molecular weight excluding hydrogens is 165 g/mol. The van der Waals surface area contributed by atoms with Gasteiger partial charge in [0.1, 0.15) is 0 Å². The number of benzene rings is 1. The van der Waals surface area contributed by atoms with Crippen LogP contribution in [0.2, 0.25) is 0 Å². The van der Waals surface area contributed by atoms with Gasteiger partial charge < -0.3 is 0 Å². The van der Waals surface area contributed by atoms with Gasteiger partial charge in [0.05, 0.1) is 0 Å². The number of rotatable bonds is 4. The van der Waals surface area contributed by atoms with E-state index in [-0.39, 0.29) is 0 Å². The predicted molar refractivity (Wildman–Crippen MR) is 53.2 cm³/mol. The molecular formula is C11H16FN. The van der Waals surface area contributed by atoms with Crippen LogP contribution in [0.15, 0.2) is 30.3 Å². The summed E-state index contributed by atoms with van der Waals surface area (Å²) in [6.07, 6.45) is 0.00479. The topological polar surface area (TPSA) is 3.24 Å². The monoisotopic (exact) mass is 181 g/mol.